The standard InChI is InChI=1S/C23H32N2O5/c1-15(14-26)25-22(30)8-16-5-4-6-17(7-16)12-23(2,3)24-13-21(29)18-9-19(27)11-20(28)10-18/h4-7,9-11,15,21,24,26-29H,8,12-14H2,1-3H3,(H,25,30)/t15-,21?/m0/s1. The van der Waals surface area contributed by atoms with Crippen molar-refractivity contribution in [1.29, 1.82) is 0 Å². The SMILES string of the molecule is C[C@@H](CO)NC(=O)Cc1cccc(CC(C)(C)NCC(O)c2cc(O)cc(O)c2)c1. The van der Waals surface area contributed by atoms with E-state index in [4.69, 9.17) is 5.11 Å². The molecule has 0 saturated heterocycles. The Labute approximate surface area is 177 Å². The molecule has 7 nitrogen and oxygen atoms in total. The van der Waals surface area contributed by atoms with Crippen molar-refractivity contribution in [3.05, 3.63) is 59.2 Å². The van der Waals surface area contributed by atoms with Gasteiger partial charge in [-0.2, -0.15) is 0 Å². The van der Waals surface area contributed by atoms with Crippen molar-refractivity contribution in [2.45, 2.75) is 51.3 Å². The number of rotatable bonds is 10. The summed E-state index contributed by atoms with van der Waals surface area (Å²) >= 11 is 0. The predicted molar refractivity (Wildman–Crippen MR) is 115 cm³/mol. The maximum atomic E-state index is 12.0. The van der Waals surface area contributed by atoms with Gasteiger partial charge in [0.05, 0.1) is 19.1 Å². The third-order valence-corrected chi connectivity index (χ3v) is 4.77. The number of hydrogen-bond donors (Lipinski definition) is 6. The predicted octanol–water partition coefficient (Wildman–Crippen LogP) is 1.78. The number of aromatic hydroxyl groups is 2. The molecule has 1 unspecified atom stereocenters. The molecule has 0 saturated carbocycles. The lowest BCUT2D eigenvalue weighted by Crippen LogP contribution is -2.43. The minimum absolute atomic E-state index is 0.0975. The Morgan fingerprint density at radius 1 is 1.07 bits per heavy atom. The van der Waals surface area contributed by atoms with Crippen molar-refractivity contribution < 1.29 is 25.2 Å². The molecular formula is C23H32N2O5. The number of nitrogens with one attached hydrogen (secondary N) is 2. The molecule has 2 atom stereocenters. The summed E-state index contributed by atoms with van der Waals surface area (Å²) in [6, 6.07) is 11.6. The first-order valence-corrected chi connectivity index (χ1v) is 10.0. The van der Waals surface area contributed by atoms with Gasteiger partial charge in [-0.3, -0.25) is 4.79 Å². The Kier molecular flexibility index (Phi) is 8.23. The van der Waals surface area contributed by atoms with Gasteiger partial charge < -0.3 is 31.1 Å². The van der Waals surface area contributed by atoms with Crippen molar-refractivity contribution >= 4 is 5.91 Å². The Morgan fingerprint density at radius 2 is 1.70 bits per heavy atom. The van der Waals surface area contributed by atoms with E-state index < -0.39 is 6.10 Å². The summed E-state index contributed by atoms with van der Waals surface area (Å²) in [4.78, 5) is 12.0. The van der Waals surface area contributed by atoms with Gasteiger partial charge in [0.2, 0.25) is 5.91 Å². The monoisotopic (exact) mass is 416 g/mol. The maximum absolute atomic E-state index is 12.0. The van der Waals surface area contributed by atoms with Crippen molar-refractivity contribution in [2.24, 2.45) is 0 Å². The molecule has 2 rings (SSSR count). The number of benzene rings is 2. The molecule has 0 aliphatic rings. The van der Waals surface area contributed by atoms with E-state index in [1.165, 1.54) is 18.2 Å². The minimum Gasteiger partial charge on any atom is -0.508 e. The van der Waals surface area contributed by atoms with Gasteiger partial charge in [-0.25, -0.2) is 0 Å². The van der Waals surface area contributed by atoms with E-state index in [0.717, 1.165) is 11.1 Å². The van der Waals surface area contributed by atoms with E-state index in [0.29, 0.717) is 12.0 Å². The molecule has 164 valence electrons. The lowest BCUT2D eigenvalue weighted by molar-refractivity contribution is -0.121. The van der Waals surface area contributed by atoms with Crippen molar-refractivity contribution in [3.63, 3.8) is 0 Å². The van der Waals surface area contributed by atoms with Gasteiger partial charge in [0.25, 0.3) is 0 Å². The fraction of sp³-hybridized carbons (Fsp3) is 0.435. The van der Waals surface area contributed by atoms with E-state index in [2.05, 4.69) is 10.6 Å². The van der Waals surface area contributed by atoms with Gasteiger partial charge in [-0.1, -0.05) is 24.3 Å². The average Bonchev–Trinajstić information content (AvgIpc) is 2.65. The van der Waals surface area contributed by atoms with Crippen LogP contribution in [0, 0.1) is 0 Å². The molecular weight excluding hydrogens is 384 g/mol. The van der Waals surface area contributed by atoms with Crippen LogP contribution in [0.2, 0.25) is 0 Å². The van der Waals surface area contributed by atoms with Crippen LogP contribution in [0.5, 0.6) is 11.5 Å². The molecule has 0 heterocycles. The summed E-state index contributed by atoms with van der Waals surface area (Å²) in [7, 11) is 0. The molecule has 6 N–H and O–H groups in total. The Bertz CT molecular complexity index is 833. The molecule has 0 fully saturated rings. The third kappa shape index (κ3) is 7.67. The normalized spacial score (nSPS) is 13.6. The van der Waals surface area contributed by atoms with Crippen LogP contribution < -0.4 is 10.6 Å². The second kappa shape index (κ2) is 10.4. The van der Waals surface area contributed by atoms with Crippen LogP contribution in [0.15, 0.2) is 42.5 Å². The highest BCUT2D eigenvalue weighted by atomic mass is 16.3. The number of carbonyl (C=O) groups excluding carboxylic acids is 1. The van der Waals surface area contributed by atoms with Crippen LogP contribution >= 0.6 is 0 Å². The number of carbonyl (C=O) groups is 1. The lowest BCUT2D eigenvalue weighted by Gasteiger charge is -2.28. The summed E-state index contributed by atoms with van der Waals surface area (Å²) in [6.45, 7) is 5.93. The van der Waals surface area contributed by atoms with E-state index in [1.807, 2.05) is 38.1 Å². The van der Waals surface area contributed by atoms with E-state index >= 15 is 0 Å². The summed E-state index contributed by atoms with van der Waals surface area (Å²) in [5, 5.41) is 44.7. The molecule has 0 spiro atoms. The molecule has 0 radical (unpaired) electrons. The average molecular weight is 417 g/mol. The zero-order chi connectivity index (χ0) is 22.3. The van der Waals surface area contributed by atoms with Crippen LogP contribution in [0.4, 0.5) is 0 Å². The first-order valence-electron chi connectivity index (χ1n) is 10.0. The summed E-state index contributed by atoms with van der Waals surface area (Å²) in [5.41, 5.74) is 2.03. The second-order valence-corrected chi connectivity index (χ2v) is 8.39. The number of aliphatic hydroxyl groups excluding tert-OH is 2. The van der Waals surface area contributed by atoms with Crippen molar-refractivity contribution in [2.75, 3.05) is 13.2 Å². The van der Waals surface area contributed by atoms with E-state index in [-0.39, 0.29) is 48.6 Å². The smallest absolute Gasteiger partial charge is 0.224 e. The molecule has 0 aliphatic heterocycles. The maximum Gasteiger partial charge on any atom is 0.224 e. The molecule has 0 aromatic heterocycles. The fourth-order valence-corrected chi connectivity index (χ4v) is 3.28. The molecule has 2 aromatic carbocycles. The number of aliphatic hydroxyl groups is 2. The van der Waals surface area contributed by atoms with Crippen LogP contribution in [0.1, 0.15) is 43.6 Å². The second-order valence-electron chi connectivity index (χ2n) is 8.39. The lowest BCUT2D eigenvalue weighted by atomic mass is 9.93. The van der Waals surface area contributed by atoms with Gasteiger partial charge in [-0.05, 0) is 56.0 Å². The summed E-state index contributed by atoms with van der Waals surface area (Å²) < 4.78 is 0. The number of phenolic OH excluding ortho intramolecular Hbond substituents is 2. The molecule has 1 amide bonds. The van der Waals surface area contributed by atoms with Crippen molar-refractivity contribution in [1.82, 2.24) is 10.6 Å². The van der Waals surface area contributed by atoms with E-state index in [1.54, 1.807) is 6.92 Å². The van der Waals surface area contributed by atoms with Gasteiger partial charge in [0, 0.05) is 24.2 Å². The number of amides is 1. The van der Waals surface area contributed by atoms with Crippen LogP contribution in [0.3, 0.4) is 0 Å². The summed E-state index contributed by atoms with van der Waals surface area (Å²) in [5.74, 6) is -0.335. The van der Waals surface area contributed by atoms with Crippen molar-refractivity contribution in [3.8, 4) is 11.5 Å². The highest BCUT2D eigenvalue weighted by Gasteiger charge is 2.21. The molecule has 0 bridgehead atoms. The molecule has 30 heavy (non-hydrogen) atoms. The summed E-state index contributed by atoms with van der Waals surface area (Å²) in [6.07, 6.45) is 0.0324. The molecule has 7 heteroatoms. The first-order chi connectivity index (χ1) is 14.1. The first kappa shape index (κ1) is 23.7. The quantitative estimate of drug-likeness (QED) is 0.351. The zero-order valence-corrected chi connectivity index (χ0v) is 17.7. The highest BCUT2D eigenvalue weighted by molar-refractivity contribution is 5.78. The van der Waals surface area contributed by atoms with Gasteiger partial charge in [0.1, 0.15) is 11.5 Å². The van der Waals surface area contributed by atoms with Gasteiger partial charge >= 0.3 is 0 Å². The van der Waals surface area contributed by atoms with Gasteiger partial charge in [-0.15, -0.1) is 0 Å². The van der Waals surface area contributed by atoms with Gasteiger partial charge in [0.15, 0.2) is 0 Å². The Balaban J connectivity index is 1.95. The fourth-order valence-electron chi connectivity index (χ4n) is 3.28. The number of β-amino-alcohol motifs (C(OH)–C–C–N with tert-alkyl or cyclic N) is 1. The molecule has 0 aliphatic carbocycles. The highest BCUT2D eigenvalue weighted by Crippen LogP contribution is 2.25. The van der Waals surface area contributed by atoms with E-state index in [9.17, 15) is 20.1 Å². The van der Waals surface area contributed by atoms with Crippen LogP contribution in [0.25, 0.3) is 0 Å². The number of hydrogen-bond acceptors (Lipinski definition) is 6. The topological polar surface area (TPSA) is 122 Å². The molecule has 2 aromatic rings. The zero-order valence-electron chi connectivity index (χ0n) is 17.7. The minimum atomic E-state index is -0.884. The largest absolute Gasteiger partial charge is 0.508 e. The van der Waals surface area contributed by atoms with Crippen LogP contribution in [-0.2, 0) is 17.6 Å². The Morgan fingerprint density at radius 3 is 2.33 bits per heavy atom. The number of phenols is 2. The third-order valence-electron chi connectivity index (χ3n) is 4.77. The Hall–Kier alpha value is -2.61. The van der Waals surface area contributed by atoms with Crippen LogP contribution in [-0.4, -0.2) is 51.1 Å².